The molecule has 0 atom stereocenters. The van der Waals surface area contributed by atoms with E-state index in [4.69, 9.17) is 0 Å². The SMILES string of the molecule is Cc1cc(C(=O)CNCc2ccncc2)c(C)n1C(C)C. The van der Waals surface area contributed by atoms with Crippen molar-refractivity contribution in [3.63, 3.8) is 0 Å². The molecule has 0 amide bonds. The van der Waals surface area contributed by atoms with Crippen LogP contribution in [0.5, 0.6) is 0 Å². The first-order valence-corrected chi connectivity index (χ1v) is 7.32. The molecule has 21 heavy (non-hydrogen) atoms. The number of Topliss-reactive ketones (excluding diaryl/α,β-unsaturated/α-hetero) is 1. The second-order valence-electron chi connectivity index (χ2n) is 5.63. The predicted molar refractivity (Wildman–Crippen MR) is 84.6 cm³/mol. The second kappa shape index (κ2) is 6.68. The van der Waals surface area contributed by atoms with Gasteiger partial charge in [0, 0.05) is 41.9 Å². The molecule has 0 aliphatic heterocycles. The van der Waals surface area contributed by atoms with Crippen LogP contribution in [0.3, 0.4) is 0 Å². The van der Waals surface area contributed by atoms with Crippen molar-refractivity contribution in [1.82, 2.24) is 14.9 Å². The molecule has 0 unspecified atom stereocenters. The van der Waals surface area contributed by atoms with Crippen LogP contribution in [-0.2, 0) is 6.54 Å². The number of hydrogen-bond acceptors (Lipinski definition) is 3. The van der Waals surface area contributed by atoms with E-state index in [1.54, 1.807) is 12.4 Å². The molecule has 0 radical (unpaired) electrons. The molecular weight excluding hydrogens is 262 g/mol. The lowest BCUT2D eigenvalue weighted by molar-refractivity contribution is 0.0990. The average molecular weight is 285 g/mol. The van der Waals surface area contributed by atoms with Gasteiger partial charge in [-0.2, -0.15) is 0 Å². The van der Waals surface area contributed by atoms with Gasteiger partial charge in [-0.05, 0) is 51.5 Å². The van der Waals surface area contributed by atoms with Crippen molar-refractivity contribution >= 4 is 5.78 Å². The number of ketones is 1. The van der Waals surface area contributed by atoms with Crippen molar-refractivity contribution < 1.29 is 4.79 Å². The summed E-state index contributed by atoms with van der Waals surface area (Å²) < 4.78 is 2.20. The first kappa shape index (κ1) is 15.4. The van der Waals surface area contributed by atoms with E-state index in [-0.39, 0.29) is 5.78 Å². The molecule has 4 heteroatoms. The van der Waals surface area contributed by atoms with Crippen LogP contribution < -0.4 is 5.32 Å². The molecule has 0 spiro atoms. The summed E-state index contributed by atoms with van der Waals surface area (Å²) in [6.45, 7) is 9.37. The fourth-order valence-electron chi connectivity index (χ4n) is 2.77. The number of nitrogens with one attached hydrogen (secondary N) is 1. The standard InChI is InChI=1S/C17H23N3O/c1-12(2)20-13(3)9-16(14(20)4)17(21)11-19-10-15-5-7-18-8-6-15/h5-9,12,19H,10-11H2,1-4H3. The monoisotopic (exact) mass is 285 g/mol. The summed E-state index contributed by atoms with van der Waals surface area (Å²) in [6.07, 6.45) is 3.52. The molecule has 0 saturated carbocycles. The van der Waals surface area contributed by atoms with Crippen molar-refractivity contribution in [1.29, 1.82) is 0 Å². The highest BCUT2D eigenvalue weighted by atomic mass is 16.1. The highest BCUT2D eigenvalue weighted by Gasteiger charge is 2.16. The van der Waals surface area contributed by atoms with Gasteiger partial charge in [-0.1, -0.05) is 0 Å². The van der Waals surface area contributed by atoms with Gasteiger partial charge in [0.1, 0.15) is 0 Å². The summed E-state index contributed by atoms with van der Waals surface area (Å²) >= 11 is 0. The van der Waals surface area contributed by atoms with Crippen LogP contribution in [0.1, 0.15) is 47.2 Å². The number of rotatable bonds is 6. The molecule has 1 N–H and O–H groups in total. The quantitative estimate of drug-likeness (QED) is 0.830. The van der Waals surface area contributed by atoms with Gasteiger partial charge in [-0.15, -0.1) is 0 Å². The maximum Gasteiger partial charge on any atom is 0.178 e. The third-order valence-corrected chi connectivity index (χ3v) is 3.67. The fraction of sp³-hybridized carbons (Fsp3) is 0.412. The third kappa shape index (κ3) is 3.58. The summed E-state index contributed by atoms with van der Waals surface area (Å²) in [4.78, 5) is 16.3. The third-order valence-electron chi connectivity index (χ3n) is 3.67. The highest BCUT2D eigenvalue weighted by Crippen LogP contribution is 2.20. The van der Waals surface area contributed by atoms with Gasteiger partial charge < -0.3 is 9.88 Å². The zero-order chi connectivity index (χ0) is 15.4. The maximum atomic E-state index is 12.4. The van der Waals surface area contributed by atoms with Crippen LogP contribution in [0, 0.1) is 13.8 Å². The van der Waals surface area contributed by atoms with Crippen LogP contribution in [0.4, 0.5) is 0 Å². The minimum Gasteiger partial charge on any atom is -0.346 e. The van der Waals surface area contributed by atoms with Crippen molar-refractivity contribution in [2.75, 3.05) is 6.54 Å². The first-order valence-electron chi connectivity index (χ1n) is 7.32. The second-order valence-corrected chi connectivity index (χ2v) is 5.63. The first-order chi connectivity index (χ1) is 10.0. The highest BCUT2D eigenvalue weighted by molar-refractivity contribution is 5.99. The summed E-state index contributed by atoms with van der Waals surface area (Å²) in [5, 5.41) is 3.20. The van der Waals surface area contributed by atoms with E-state index in [1.165, 1.54) is 0 Å². The topological polar surface area (TPSA) is 46.9 Å². The molecule has 2 aromatic heterocycles. The largest absolute Gasteiger partial charge is 0.346 e. The molecule has 0 aliphatic carbocycles. The lowest BCUT2D eigenvalue weighted by atomic mass is 10.1. The molecule has 4 nitrogen and oxygen atoms in total. The number of aromatic nitrogens is 2. The van der Waals surface area contributed by atoms with E-state index >= 15 is 0 Å². The van der Waals surface area contributed by atoms with Crippen LogP contribution >= 0.6 is 0 Å². The molecule has 0 fully saturated rings. The zero-order valence-corrected chi connectivity index (χ0v) is 13.2. The maximum absolute atomic E-state index is 12.4. The van der Waals surface area contributed by atoms with Crippen LogP contribution in [0.15, 0.2) is 30.6 Å². The number of aryl methyl sites for hydroxylation is 1. The Labute approximate surface area is 126 Å². The number of carbonyl (C=O) groups is 1. The van der Waals surface area contributed by atoms with Crippen LogP contribution in [0.25, 0.3) is 0 Å². The number of pyridine rings is 1. The van der Waals surface area contributed by atoms with Crippen molar-refractivity contribution in [2.24, 2.45) is 0 Å². The minimum absolute atomic E-state index is 0.143. The van der Waals surface area contributed by atoms with E-state index in [2.05, 4.69) is 28.7 Å². The summed E-state index contributed by atoms with van der Waals surface area (Å²) in [6, 6.07) is 6.26. The fourth-order valence-corrected chi connectivity index (χ4v) is 2.77. The Bertz CT molecular complexity index is 614. The molecule has 112 valence electrons. The smallest absolute Gasteiger partial charge is 0.178 e. The van der Waals surface area contributed by atoms with Crippen molar-refractivity contribution in [3.05, 3.63) is 53.1 Å². The van der Waals surface area contributed by atoms with Crippen molar-refractivity contribution in [2.45, 2.75) is 40.3 Å². The molecule has 0 bridgehead atoms. The van der Waals surface area contributed by atoms with E-state index in [1.807, 2.05) is 32.0 Å². The lowest BCUT2D eigenvalue weighted by Gasteiger charge is -2.13. The molecule has 0 saturated heterocycles. The van der Waals surface area contributed by atoms with E-state index in [0.29, 0.717) is 19.1 Å². The Balaban J connectivity index is 1.99. The van der Waals surface area contributed by atoms with E-state index in [0.717, 1.165) is 22.5 Å². The van der Waals surface area contributed by atoms with Gasteiger partial charge in [-0.3, -0.25) is 9.78 Å². The molecular formula is C17H23N3O. The molecule has 2 rings (SSSR count). The number of nitrogens with zero attached hydrogens (tertiary/aromatic N) is 2. The Kier molecular flexibility index (Phi) is 4.91. The molecule has 2 heterocycles. The Hall–Kier alpha value is -1.94. The van der Waals surface area contributed by atoms with Gasteiger partial charge in [0.15, 0.2) is 5.78 Å². The number of carbonyl (C=O) groups excluding carboxylic acids is 1. The minimum atomic E-state index is 0.143. The molecule has 2 aromatic rings. The molecule has 0 aromatic carbocycles. The summed E-state index contributed by atoms with van der Waals surface area (Å²) in [5.41, 5.74) is 4.15. The summed E-state index contributed by atoms with van der Waals surface area (Å²) in [7, 11) is 0. The van der Waals surface area contributed by atoms with Gasteiger partial charge >= 0.3 is 0 Å². The van der Waals surface area contributed by atoms with Crippen molar-refractivity contribution in [3.8, 4) is 0 Å². The van der Waals surface area contributed by atoms with Gasteiger partial charge in [0.25, 0.3) is 0 Å². The molecule has 0 aliphatic rings. The normalized spacial score (nSPS) is 11.1. The van der Waals surface area contributed by atoms with Crippen LogP contribution in [-0.4, -0.2) is 21.9 Å². The van der Waals surface area contributed by atoms with Gasteiger partial charge in [0.05, 0.1) is 6.54 Å². The Morgan fingerprint density at radius 3 is 2.52 bits per heavy atom. The van der Waals surface area contributed by atoms with Gasteiger partial charge in [-0.25, -0.2) is 0 Å². The van der Waals surface area contributed by atoms with Crippen LogP contribution in [0.2, 0.25) is 0 Å². The number of hydrogen-bond donors (Lipinski definition) is 1. The Morgan fingerprint density at radius 1 is 1.29 bits per heavy atom. The van der Waals surface area contributed by atoms with E-state index < -0.39 is 0 Å². The van der Waals surface area contributed by atoms with E-state index in [9.17, 15) is 4.79 Å². The zero-order valence-electron chi connectivity index (χ0n) is 13.2. The average Bonchev–Trinajstić information content (AvgIpc) is 2.75. The predicted octanol–water partition coefficient (Wildman–Crippen LogP) is 3.05. The van der Waals surface area contributed by atoms with Gasteiger partial charge in [0.2, 0.25) is 0 Å². The summed E-state index contributed by atoms with van der Waals surface area (Å²) in [5.74, 6) is 0.143. The lowest BCUT2D eigenvalue weighted by Crippen LogP contribution is -2.23. The Morgan fingerprint density at radius 2 is 1.95 bits per heavy atom.